The number of methoxy groups -OCH3 is 1. The maximum absolute atomic E-state index is 13.4. The minimum absolute atomic E-state index is 0.0381. The van der Waals surface area contributed by atoms with Crippen LogP contribution in [0.5, 0.6) is 5.75 Å². The van der Waals surface area contributed by atoms with Crippen molar-refractivity contribution in [1.29, 1.82) is 0 Å². The van der Waals surface area contributed by atoms with E-state index in [0.29, 0.717) is 18.8 Å². The zero-order valence-corrected chi connectivity index (χ0v) is 20.2. The molecule has 0 bridgehead atoms. The third-order valence-electron chi connectivity index (χ3n) is 5.37. The number of hydrogen-bond donors (Lipinski definition) is 0. The van der Waals surface area contributed by atoms with E-state index in [9.17, 15) is 21.6 Å². The second kappa shape index (κ2) is 9.21. The van der Waals surface area contributed by atoms with E-state index in [2.05, 4.69) is 0 Å². The van der Waals surface area contributed by atoms with Crippen molar-refractivity contribution >= 4 is 31.5 Å². The van der Waals surface area contributed by atoms with Crippen LogP contribution in [0.15, 0.2) is 52.3 Å². The van der Waals surface area contributed by atoms with E-state index in [1.807, 2.05) is 13.8 Å². The van der Waals surface area contributed by atoms with E-state index in [1.165, 1.54) is 46.6 Å². The molecule has 0 aliphatic carbocycles. The summed E-state index contributed by atoms with van der Waals surface area (Å²) < 4.78 is 56.5. The fourth-order valence-electron chi connectivity index (χ4n) is 3.72. The van der Waals surface area contributed by atoms with E-state index in [-0.39, 0.29) is 27.1 Å². The number of carbonyl (C=O) groups excluding carboxylic acids is 1. The van der Waals surface area contributed by atoms with Crippen LogP contribution in [0.4, 0.5) is 5.69 Å². The van der Waals surface area contributed by atoms with Crippen molar-refractivity contribution in [1.82, 2.24) is 4.31 Å². The number of hydrogen-bond acceptors (Lipinski definition) is 6. The predicted molar refractivity (Wildman–Crippen MR) is 122 cm³/mol. The topological polar surface area (TPSA) is 101 Å². The molecule has 1 aliphatic heterocycles. The summed E-state index contributed by atoms with van der Waals surface area (Å²) in [5.41, 5.74) is 0.710. The summed E-state index contributed by atoms with van der Waals surface area (Å²) in [5, 5.41) is 0. The molecule has 10 heteroatoms. The van der Waals surface area contributed by atoms with Crippen molar-refractivity contribution in [2.75, 3.05) is 31.4 Å². The van der Waals surface area contributed by atoms with Crippen LogP contribution in [0.3, 0.4) is 0 Å². The van der Waals surface area contributed by atoms with Gasteiger partial charge in [-0.1, -0.05) is 0 Å². The van der Waals surface area contributed by atoms with Crippen LogP contribution >= 0.6 is 0 Å². The quantitative estimate of drug-likeness (QED) is 0.604. The second-order valence-corrected chi connectivity index (χ2v) is 11.9. The fraction of sp³-hybridized carbons (Fsp3) is 0.409. The molecule has 0 saturated carbocycles. The standard InChI is InChI=1S/C22H28N2O6S2/c1-16(2)24(18-8-10-19(11-9-18)31(4,26)27)22(25)17-7-12-20(30-3)21(15-17)32(28,29)23-13-5-6-14-23/h7-12,15-16H,5-6,13-14H2,1-4H3. The lowest BCUT2D eigenvalue weighted by Gasteiger charge is -2.27. The van der Waals surface area contributed by atoms with Crippen molar-refractivity contribution in [2.45, 2.75) is 42.5 Å². The third kappa shape index (κ3) is 4.82. The lowest BCUT2D eigenvalue weighted by atomic mass is 10.1. The summed E-state index contributed by atoms with van der Waals surface area (Å²) in [7, 11) is -5.77. The third-order valence-corrected chi connectivity index (χ3v) is 8.42. The Labute approximate surface area is 189 Å². The molecule has 2 aromatic rings. The van der Waals surface area contributed by atoms with Gasteiger partial charge in [0.1, 0.15) is 10.6 Å². The molecule has 3 rings (SSSR count). The second-order valence-electron chi connectivity index (χ2n) is 8.01. The first-order valence-corrected chi connectivity index (χ1v) is 13.6. The molecule has 8 nitrogen and oxygen atoms in total. The molecule has 32 heavy (non-hydrogen) atoms. The maximum atomic E-state index is 13.4. The summed E-state index contributed by atoms with van der Waals surface area (Å²) in [4.78, 5) is 15.0. The highest BCUT2D eigenvalue weighted by Gasteiger charge is 2.31. The Morgan fingerprint density at radius 3 is 2.09 bits per heavy atom. The molecule has 0 unspecified atom stereocenters. The number of ether oxygens (including phenoxy) is 1. The van der Waals surface area contributed by atoms with Gasteiger partial charge in [0.15, 0.2) is 9.84 Å². The first-order chi connectivity index (χ1) is 15.0. The summed E-state index contributed by atoms with van der Waals surface area (Å²) in [6, 6.07) is 10.2. The Bertz CT molecular complexity index is 1200. The summed E-state index contributed by atoms with van der Waals surface area (Å²) in [5.74, 6) is -0.213. The maximum Gasteiger partial charge on any atom is 0.258 e. The van der Waals surface area contributed by atoms with E-state index >= 15 is 0 Å². The lowest BCUT2D eigenvalue weighted by Crippen LogP contribution is -2.37. The molecule has 2 aromatic carbocycles. The SMILES string of the molecule is COc1ccc(C(=O)N(c2ccc(S(C)(=O)=O)cc2)C(C)C)cc1S(=O)(=O)N1CCCC1. The summed E-state index contributed by atoms with van der Waals surface area (Å²) in [6.07, 6.45) is 2.71. The Hall–Kier alpha value is -2.43. The van der Waals surface area contributed by atoms with Crippen molar-refractivity contribution in [3.05, 3.63) is 48.0 Å². The van der Waals surface area contributed by atoms with Crippen molar-refractivity contribution < 1.29 is 26.4 Å². The Morgan fingerprint density at radius 1 is 1.00 bits per heavy atom. The first-order valence-electron chi connectivity index (χ1n) is 10.3. The van der Waals surface area contributed by atoms with Gasteiger partial charge in [-0.25, -0.2) is 16.8 Å². The number of benzene rings is 2. The molecular weight excluding hydrogens is 452 g/mol. The van der Waals surface area contributed by atoms with Crippen LogP contribution < -0.4 is 9.64 Å². The van der Waals surface area contributed by atoms with Gasteiger partial charge in [-0.05, 0) is 69.2 Å². The van der Waals surface area contributed by atoms with Crippen molar-refractivity contribution in [3.8, 4) is 5.75 Å². The van der Waals surface area contributed by atoms with Crippen molar-refractivity contribution in [3.63, 3.8) is 0 Å². The largest absolute Gasteiger partial charge is 0.495 e. The minimum Gasteiger partial charge on any atom is -0.495 e. The lowest BCUT2D eigenvalue weighted by molar-refractivity contribution is 0.0980. The number of nitrogens with zero attached hydrogens (tertiary/aromatic N) is 2. The molecule has 1 fully saturated rings. The molecule has 0 N–H and O–H groups in total. The van der Waals surface area contributed by atoms with E-state index in [1.54, 1.807) is 12.1 Å². The molecule has 0 spiro atoms. The molecule has 1 saturated heterocycles. The van der Waals surface area contributed by atoms with Gasteiger partial charge in [0.05, 0.1) is 12.0 Å². The van der Waals surface area contributed by atoms with Gasteiger partial charge in [0, 0.05) is 36.6 Å². The first kappa shape index (κ1) is 24.2. The van der Waals surface area contributed by atoms with Gasteiger partial charge in [0.25, 0.3) is 5.91 Å². The Morgan fingerprint density at radius 2 is 1.59 bits per heavy atom. The Balaban J connectivity index is 2.02. The zero-order chi connectivity index (χ0) is 23.7. The zero-order valence-electron chi connectivity index (χ0n) is 18.6. The van der Waals surface area contributed by atoms with Gasteiger partial charge in [-0.2, -0.15) is 4.31 Å². The van der Waals surface area contributed by atoms with E-state index in [0.717, 1.165) is 19.1 Å². The number of rotatable bonds is 7. The molecule has 0 aromatic heterocycles. The van der Waals surface area contributed by atoms with Crippen LogP contribution in [-0.4, -0.2) is 59.5 Å². The van der Waals surface area contributed by atoms with Crippen LogP contribution in [0.1, 0.15) is 37.0 Å². The molecule has 174 valence electrons. The smallest absolute Gasteiger partial charge is 0.258 e. The fourth-order valence-corrected chi connectivity index (χ4v) is 6.05. The number of carbonyl (C=O) groups is 1. The highest BCUT2D eigenvalue weighted by molar-refractivity contribution is 7.90. The van der Waals surface area contributed by atoms with Crippen LogP contribution in [0, 0.1) is 0 Å². The summed E-state index contributed by atoms with van der Waals surface area (Å²) in [6.45, 7) is 4.53. The minimum atomic E-state index is -3.80. The van der Waals surface area contributed by atoms with Crippen LogP contribution in [0.25, 0.3) is 0 Å². The number of anilines is 1. The Kier molecular flexibility index (Phi) is 6.97. The summed E-state index contributed by atoms with van der Waals surface area (Å²) >= 11 is 0. The van der Waals surface area contributed by atoms with Gasteiger partial charge in [-0.3, -0.25) is 4.79 Å². The van der Waals surface area contributed by atoms with Crippen LogP contribution in [0.2, 0.25) is 0 Å². The van der Waals surface area contributed by atoms with Crippen molar-refractivity contribution in [2.24, 2.45) is 0 Å². The van der Waals surface area contributed by atoms with Gasteiger partial charge >= 0.3 is 0 Å². The van der Waals surface area contributed by atoms with Gasteiger partial charge in [0.2, 0.25) is 10.0 Å². The average Bonchev–Trinajstić information content (AvgIpc) is 3.28. The molecule has 1 amide bonds. The number of amides is 1. The molecule has 1 heterocycles. The monoisotopic (exact) mass is 480 g/mol. The predicted octanol–water partition coefficient (Wildman–Crippen LogP) is 2.94. The molecule has 0 atom stereocenters. The van der Waals surface area contributed by atoms with E-state index in [4.69, 9.17) is 4.74 Å². The molecule has 0 radical (unpaired) electrons. The van der Waals surface area contributed by atoms with Crippen LogP contribution in [-0.2, 0) is 19.9 Å². The highest BCUT2D eigenvalue weighted by atomic mass is 32.2. The van der Waals surface area contributed by atoms with Gasteiger partial charge in [-0.15, -0.1) is 0 Å². The molecular formula is C22H28N2O6S2. The number of sulfonamides is 1. The number of sulfone groups is 1. The highest BCUT2D eigenvalue weighted by Crippen LogP contribution is 2.31. The average molecular weight is 481 g/mol. The molecule has 1 aliphatic rings. The van der Waals surface area contributed by atoms with Gasteiger partial charge < -0.3 is 9.64 Å². The van der Waals surface area contributed by atoms with E-state index < -0.39 is 25.8 Å². The normalized spacial score (nSPS) is 15.2.